The zero-order chi connectivity index (χ0) is 19.5. The van der Waals surface area contributed by atoms with E-state index >= 15 is 0 Å². The number of rotatable bonds is 4. The summed E-state index contributed by atoms with van der Waals surface area (Å²) in [5.41, 5.74) is 8.95. The van der Waals surface area contributed by atoms with Crippen LogP contribution in [0.4, 0.5) is 4.39 Å². The fourth-order valence-electron chi connectivity index (χ4n) is 4.27. The van der Waals surface area contributed by atoms with E-state index in [0.717, 1.165) is 31.5 Å². The van der Waals surface area contributed by atoms with Crippen LogP contribution in [0.1, 0.15) is 35.9 Å². The van der Waals surface area contributed by atoms with Crippen LogP contribution in [-0.4, -0.2) is 35.4 Å². The van der Waals surface area contributed by atoms with Gasteiger partial charge in [0.15, 0.2) is 0 Å². The molecule has 6 heteroatoms. The number of piperidine rings is 1. The Morgan fingerprint density at radius 1 is 1.11 bits per heavy atom. The number of likely N-dealkylation sites (tertiary alicyclic amines) is 1. The minimum atomic E-state index is -0.229. The Hall–Kier alpha value is -2.73. The minimum absolute atomic E-state index is 0.0191. The van der Waals surface area contributed by atoms with Crippen LogP contribution in [0, 0.1) is 11.7 Å². The maximum atomic E-state index is 13.4. The van der Waals surface area contributed by atoms with Crippen LogP contribution in [0.15, 0.2) is 60.6 Å². The van der Waals surface area contributed by atoms with E-state index in [1.807, 2.05) is 29.2 Å². The Morgan fingerprint density at radius 3 is 2.43 bits per heavy atom. The molecular weight excluding hydrogens is 355 g/mol. The van der Waals surface area contributed by atoms with Gasteiger partial charge in [-0.2, -0.15) is 0 Å². The van der Waals surface area contributed by atoms with Crippen LogP contribution in [0.5, 0.6) is 0 Å². The number of halogens is 1. The van der Waals surface area contributed by atoms with Crippen LogP contribution in [0.25, 0.3) is 0 Å². The van der Waals surface area contributed by atoms with Crippen molar-refractivity contribution in [2.75, 3.05) is 19.6 Å². The van der Waals surface area contributed by atoms with Crippen molar-refractivity contribution in [1.82, 2.24) is 15.2 Å². The molecule has 2 aliphatic heterocycles. The van der Waals surface area contributed by atoms with Crippen LogP contribution in [0.2, 0.25) is 0 Å². The third-order valence-corrected chi connectivity index (χ3v) is 5.82. The Kier molecular flexibility index (Phi) is 5.39. The molecule has 1 aromatic heterocycles. The van der Waals surface area contributed by atoms with Crippen LogP contribution in [-0.2, 0) is 4.79 Å². The third-order valence-electron chi connectivity index (χ3n) is 5.82. The second-order valence-electron chi connectivity index (χ2n) is 7.46. The molecule has 146 valence electrons. The zero-order valence-corrected chi connectivity index (χ0v) is 15.7. The molecule has 1 fully saturated rings. The first-order chi connectivity index (χ1) is 13.7. The molecule has 0 spiro atoms. The number of hydrogen-bond acceptors (Lipinski definition) is 4. The van der Waals surface area contributed by atoms with E-state index in [9.17, 15) is 9.18 Å². The first-order valence-electron chi connectivity index (χ1n) is 9.77. The first kappa shape index (κ1) is 18.6. The van der Waals surface area contributed by atoms with Gasteiger partial charge in [-0.3, -0.25) is 9.78 Å². The first-order valence-corrected chi connectivity index (χ1v) is 9.77. The van der Waals surface area contributed by atoms with Gasteiger partial charge in [0.25, 0.3) is 0 Å². The van der Waals surface area contributed by atoms with E-state index in [1.54, 1.807) is 12.4 Å². The van der Waals surface area contributed by atoms with E-state index in [0.29, 0.717) is 5.92 Å². The molecule has 3 heterocycles. The molecular formula is C22H25FN4O. The molecule has 1 saturated heterocycles. The van der Waals surface area contributed by atoms with Gasteiger partial charge in [0.1, 0.15) is 5.82 Å². The summed E-state index contributed by atoms with van der Waals surface area (Å²) < 4.78 is 13.4. The molecule has 5 nitrogen and oxygen atoms in total. The van der Waals surface area contributed by atoms with Crippen molar-refractivity contribution in [3.8, 4) is 0 Å². The standard InChI is InChI=1S/C22H25FN4O/c23-18-3-1-17(2-4-18)22-19(15-5-9-25-10-6-15)13-20(26-22)16-7-11-27(12-8-16)21(28)14-24/h1-6,9-10,13,16,19,22,26H,7-8,11-12,14,24H2. The van der Waals surface area contributed by atoms with Gasteiger partial charge in [0.2, 0.25) is 5.91 Å². The number of nitrogens with one attached hydrogen (secondary N) is 1. The lowest BCUT2D eigenvalue weighted by molar-refractivity contribution is -0.130. The maximum Gasteiger partial charge on any atom is 0.236 e. The molecule has 4 rings (SSSR count). The summed E-state index contributed by atoms with van der Waals surface area (Å²) in [5.74, 6) is 0.335. The smallest absolute Gasteiger partial charge is 0.236 e. The van der Waals surface area contributed by atoms with Crippen molar-refractivity contribution in [2.24, 2.45) is 11.7 Å². The number of carbonyl (C=O) groups excluding carboxylic acids is 1. The summed E-state index contributed by atoms with van der Waals surface area (Å²) in [5, 5.41) is 3.69. The van der Waals surface area contributed by atoms with Gasteiger partial charge in [-0.15, -0.1) is 0 Å². The van der Waals surface area contributed by atoms with Crippen LogP contribution in [0.3, 0.4) is 0 Å². The van der Waals surface area contributed by atoms with Gasteiger partial charge >= 0.3 is 0 Å². The van der Waals surface area contributed by atoms with Crippen LogP contribution < -0.4 is 11.1 Å². The normalized spacial score (nSPS) is 22.6. The molecule has 2 aromatic rings. The highest BCUT2D eigenvalue weighted by Gasteiger charge is 2.34. The lowest BCUT2D eigenvalue weighted by Gasteiger charge is -2.33. The Bertz CT molecular complexity index is 845. The summed E-state index contributed by atoms with van der Waals surface area (Å²) >= 11 is 0. The molecule has 1 aromatic carbocycles. The average molecular weight is 380 g/mol. The summed E-state index contributed by atoms with van der Waals surface area (Å²) in [4.78, 5) is 17.8. The predicted molar refractivity (Wildman–Crippen MR) is 106 cm³/mol. The fraction of sp³-hybridized carbons (Fsp3) is 0.364. The van der Waals surface area contributed by atoms with E-state index in [1.165, 1.54) is 23.4 Å². The Labute approximate surface area is 164 Å². The number of benzene rings is 1. The van der Waals surface area contributed by atoms with Crippen molar-refractivity contribution >= 4 is 5.91 Å². The third kappa shape index (κ3) is 3.78. The zero-order valence-electron chi connectivity index (χ0n) is 15.7. The topological polar surface area (TPSA) is 71.2 Å². The highest BCUT2D eigenvalue weighted by molar-refractivity contribution is 5.78. The molecule has 2 atom stereocenters. The van der Waals surface area contributed by atoms with Gasteiger partial charge < -0.3 is 16.0 Å². The fourth-order valence-corrected chi connectivity index (χ4v) is 4.27. The number of carbonyl (C=O) groups is 1. The lowest BCUT2D eigenvalue weighted by Crippen LogP contribution is -2.42. The maximum absolute atomic E-state index is 13.4. The largest absolute Gasteiger partial charge is 0.381 e. The van der Waals surface area contributed by atoms with E-state index in [-0.39, 0.29) is 30.2 Å². The quantitative estimate of drug-likeness (QED) is 0.856. The number of hydrogen-bond donors (Lipinski definition) is 2. The molecule has 0 bridgehead atoms. The van der Waals surface area contributed by atoms with Crippen molar-refractivity contribution in [1.29, 1.82) is 0 Å². The molecule has 3 N–H and O–H groups in total. The molecule has 2 unspecified atom stereocenters. The molecule has 0 radical (unpaired) electrons. The van der Waals surface area contributed by atoms with Crippen molar-refractivity contribution < 1.29 is 9.18 Å². The number of nitrogens with zero attached hydrogens (tertiary/aromatic N) is 2. The molecule has 28 heavy (non-hydrogen) atoms. The molecule has 1 amide bonds. The number of amides is 1. The number of allylic oxidation sites excluding steroid dienone is 1. The average Bonchev–Trinajstić information content (AvgIpc) is 3.20. The SMILES string of the molecule is NCC(=O)N1CCC(C2=CC(c3ccncc3)C(c3ccc(F)cc3)N2)CC1. The number of aromatic nitrogens is 1. The van der Waals surface area contributed by atoms with E-state index in [2.05, 4.69) is 16.4 Å². The van der Waals surface area contributed by atoms with Gasteiger partial charge in [-0.1, -0.05) is 18.2 Å². The molecule has 0 saturated carbocycles. The Morgan fingerprint density at radius 2 is 1.79 bits per heavy atom. The second-order valence-corrected chi connectivity index (χ2v) is 7.46. The Balaban J connectivity index is 1.56. The summed E-state index contributed by atoms with van der Waals surface area (Å²) in [7, 11) is 0. The van der Waals surface area contributed by atoms with E-state index in [4.69, 9.17) is 5.73 Å². The summed E-state index contributed by atoms with van der Waals surface area (Å²) in [6, 6.07) is 10.8. The summed E-state index contributed by atoms with van der Waals surface area (Å²) in [6.07, 6.45) is 7.75. The second kappa shape index (κ2) is 8.10. The highest BCUT2D eigenvalue weighted by atomic mass is 19.1. The minimum Gasteiger partial charge on any atom is -0.381 e. The van der Waals surface area contributed by atoms with Crippen LogP contribution >= 0.6 is 0 Å². The van der Waals surface area contributed by atoms with Crippen molar-refractivity contribution in [3.05, 3.63) is 77.5 Å². The van der Waals surface area contributed by atoms with Gasteiger partial charge in [0.05, 0.1) is 12.6 Å². The lowest BCUT2D eigenvalue weighted by atomic mass is 9.88. The molecule has 0 aliphatic carbocycles. The molecule has 2 aliphatic rings. The number of pyridine rings is 1. The van der Waals surface area contributed by atoms with Crippen molar-refractivity contribution in [3.63, 3.8) is 0 Å². The van der Waals surface area contributed by atoms with Gasteiger partial charge in [0, 0.05) is 43.0 Å². The van der Waals surface area contributed by atoms with Crippen molar-refractivity contribution in [2.45, 2.75) is 24.8 Å². The monoisotopic (exact) mass is 380 g/mol. The number of nitrogens with two attached hydrogens (primary N) is 1. The van der Waals surface area contributed by atoms with E-state index < -0.39 is 0 Å². The highest BCUT2D eigenvalue weighted by Crippen LogP contribution is 2.41. The summed E-state index contributed by atoms with van der Waals surface area (Å²) in [6.45, 7) is 1.55. The predicted octanol–water partition coefficient (Wildman–Crippen LogP) is 2.73. The van der Waals surface area contributed by atoms with Gasteiger partial charge in [-0.05, 0) is 48.2 Å². The van der Waals surface area contributed by atoms with Gasteiger partial charge in [-0.25, -0.2) is 4.39 Å².